The maximum atomic E-state index is 11.4. The van der Waals surface area contributed by atoms with Gasteiger partial charge in [0.05, 0.1) is 20.1 Å². The van der Waals surface area contributed by atoms with Crippen molar-refractivity contribution >= 4 is 5.97 Å². The summed E-state index contributed by atoms with van der Waals surface area (Å²) in [5.41, 5.74) is 0.962. The molecule has 2 unspecified atom stereocenters. The molecule has 0 amide bonds. The lowest BCUT2D eigenvalue weighted by Gasteiger charge is -2.19. The van der Waals surface area contributed by atoms with Crippen LogP contribution in [-0.4, -0.2) is 31.2 Å². The van der Waals surface area contributed by atoms with E-state index in [-0.39, 0.29) is 17.9 Å². The van der Waals surface area contributed by atoms with Gasteiger partial charge in [-0.1, -0.05) is 13.0 Å². The van der Waals surface area contributed by atoms with E-state index >= 15 is 0 Å². The Kier molecular flexibility index (Phi) is 5.58. The van der Waals surface area contributed by atoms with Gasteiger partial charge in [0, 0.05) is 24.3 Å². The topological polar surface area (TPSA) is 60.5 Å². The van der Waals surface area contributed by atoms with Crippen molar-refractivity contribution in [1.82, 2.24) is 10.3 Å². The van der Waals surface area contributed by atoms with Crippen LogP contribution < -0.4 is 10.1 Å². The van der Waals surface area contributed by atoms with E-state index in [9.17, 15) is 4.79 Å². The Balaban J connectivity index is 2.57. The fourth-order valence-corrected chi connectivity index (χ4v) is 1.58. The average molecular weight is 252 g/mol. The lowest BCUT2D eigenvalue weighted by Crippen LogP contribution is -2.36. The number of aromatic nitrogens is 1. The lowest BCUT2D eigenvalue weighted by molar-refractivity contribution is -0.145. The van der Waals surface area contributed by atoms with Gasteiger partial charge in [0.15, 0.2) is 0 Å². The van der Waals surface area contributed by atoms with Crippen molar-refractivity contribution in [1.29, 1.82) is 0 Å². The molecule has 0 aliphatic heterocycles. The Morgan fingerprint density at radius 3 is 2.78 bits per heavy atom. The number of ether oxygens (including phenoxy) is 2. The average Bonchev–Trinajstić information content (AvgIpc) is 2.43. The number of carbonyl (C=O) groups excluding carboxylic acids is 1. The molecule has 0 fully saturated rings. The molecule has 1 aromatic rings. The van der Waals surface area contributed by atoms with Crippen LogP contribution in [-0.2, 0) is 16.1 Å². The minimum Gasteiger partial charge on any atom is -0.481 e. The van der Waals surface area contributed by atoms with E-state index in [1.165, 1.54) is 7.11 Å². The van der Waals surface area contributed by atoms with Gasteiger partial charge < -0.3 is 14.8 Å². The highest BCUT2D eigenvalue weighted by molar-refractivity contribution is 5.72. The molecule has 1 heterocycles. The van der Waals surface area contributed by atoms with Gasteiger partial charge in [-0.25, -0.2) is 4.98 Å². The molecule has 5 heteroatoms. The summed E-state index contributed by atoms with van der Waals surface area (Å²) >= 11 is 0. The van der Waals surface area contributed by atoms with Crippen LogP contribution in [0.2, 0.25) is 0 Å². The number of hydrogen-bond acceptors (Lipinski definition) is 5. The third kappa shape index (κ3) is 3.70. The van der Waals surface area contributed by atoms with Crippen molar-refractivity contribution in [2.45, 2.75) is 26.4 Å². The summed E-state index contributed by atoms with van der Waals surface area (Å²) in [4.78, 5) is 15.5. The molecule has 0 aliphatic rings. The summed E-state index contributed by atoms with van der Waals surface area (Å²) in [6.07, 6.45) is 1.68. The van der Waals surface area contributed by atoms with Crippen LogP contribution in [0.25, 0.3) is 0 Å². The van der Waals surface area contributed by atoms with Gasteiger partial charge in [0.2, 0.25) is 5.88 Å². The van der Waals surface area contributed by atoms with Gasteiger partial charge in [-0.15, -0.1) is 0 Å². The van der Waals surface area contributed by atoms with Gasteiger partial charge in [-0.3, -0.25) is 4.79 Å². The van der Waals surface area contributed by atoms with Crippen LogP contribution in [0.5, 0.6) is 5.88 Å². The minimum atomic E-state index is -0.215. The molecule has 0 saturated heterocycles. The molecular weight excluding hydrogens is 232 g/mol. The fourth-order valence-electron chi connectivity index (χ4n) is 1.58. The molecule has 1 aromatic heterocycles. The van der Waals surface area contributed by atoms with Crippen LogP contribution >= 0.6 is 0 Å². The Morgan fingerprint density at radius 2 is 2.17 bits per heavy atom. The molecule has 1 rings (SSSR count). The molecule has 100 valence electrons. The fraction of sp³-hybridized carbons (Fsp3) is 0.538. The molecular formula is C13H20N2O3. The van der Waals surface area contributed by atoms with Gasteiger partial charge in [0.1, 0.15) is 0 Å². The van der Waals surface area contributed by atoms with Gasteiger partial charge >= 0.3 is 5.97 Å². The van der Waals surface area contributed by atoms with E-state index < -0.39 is 0 Å². The number of methoxy groups -OCH3 is 2. The number of pyridine rings is 1. The summed E-state index contributed by atoms with van der Waals surface area (Å²) < 4.78 is 9.88. The Labute approximate surface area is 108 Å². The Bertz CT molecular complexity index is 396. The number of carbonyl (C=O) groups is 1. The number of esters is 1. The largest absolute Gasteiger partial charge is 0.481 e. The van der Waals surface area contributed by atoms with E-state index in [1.54, 1.807) is 13.3 Å². The first-order chi connectivity index (χ1) is 8.60. The molecule has 2 atom stereocenters. The number of nitrogens with one attached hydrogen (secondary N) is 1. The summed E-state index contributed by atoms with van der Waals surface area (Å²) in [7, 11) is 2.99. The molecule has 0 saturated carbocycles. The first-order valence-corrected chi connectivity index (χ1v) is 5.89. The zero-order valence-corrected chi connectivity index (χ0v) is 11.3. The highest BCUT2D eigenvalue weighted by Crippen LogP contribution is 2.14. The number of rotatable bonds is 6. The van der Waals surface area contributed by atoms with Crippen LogP contribution in [0.4, 0.5) is 0 Å². The second-order valence-corrected chi connectivity index (χ2v) is 4.15. The van der Waals surface area contributed by atoms with E-state index in [2.05, 4.69) is 10.3 Å². The maximum Gasteiger partial charge on any atom is 0.309 e. The second kappa shape index (κ2) is 6.96. The zero-order valence-electron chi connectivity index (χ0n) is 11.3. The highest BCUT2D eigenvalue weighted by atomic mass is 16.5. The maximum absolute atomic E-state index is 11.4. The molecule has 5 nitrogen and oxygen atoms in total. The van der Waals surface area contributed by atoms with Crippen molar-refractivity contribution in [3.63, 3.8) is 0 Å². The monoisotopic (exact) mass is 252 g/mol. The highest BCUT2D eigenvalue weighted by Gasteiger charge is 2.20. The summed E-state index contributed by atoms with van der Waals surface area (Å²) in [6.45, 7) is 4.38. The van der Waals surface area contributed by atoms with Crippen molar-refractivity contribution < 1.29 is 14.3 Å². The zero-order chi connectivity index (χ0) is 13.5. The smallest absolute Gasteiger partial charge is 0.309 e. The molecule has 0 radical (unpaired) electrons. The van der Waals surface area contributed by atoms with Gasteiger partial charge in [-0.05, 0) is 13.0 Å². The minimum absolute atomic E-state index is 0.0161. The molecule has 1 N–H and O–H groups in total. The van der Waals surface area contributed by atoms with Gasteiger partial charge in [0.25, 0.3) is 0 Å². The van der Waals surface area contributed by atoms with E-state index in [0.717, 1.165) is 5.56 Å². The predicted molar refractivity (Wildman–Crippen MR) is 68.3 cm³/mol. The summed E-state index contributed by atoms with van der Waals surface area (Å²) in [5, 5.41) is 3.27. The molecule has 0 bridgehead atoms. The van der Waals surface area contributed by atoms with Crippen LogP contribution in [0.15, 0.2) is 18.3 Å². The molecule has 0 spiro atoms. The number of hydrogen-bond donors (Lipinski definition) is 1. The van der Waals surface area contributed by atoms with Crippen molar-refractivity contribution in [2.75, 3.05) is 14.2 Å². The normalized spacial score (nSPS) is 13.8. The van der Waals surface area contributed by atoms with Crippen molar-refractivity contribution in [3.05, 3.63) is 23.9 Å². The third-order valence-electron chi connectivity index (χ3n) is 2.98. The summed E-state index contributed by atoms with van der Waals surface area (Å²) in [6, 6.07) is 3.81. The number of nitrogens with zero attached hydrogens (tertiary/aromatic N) is 1. The summed E-state index contributed by atoms with van der Waals surface area (Å²) in [5.74, 6) is 0.189. The van der Waals surface area contributed by atoms with E-state index in [4.69, 9.17) is 9.47 Å². The van der Waals surface area contributed by atoms with Crippen LogP contribution in [0.3, 0.4) is 0 Å². The van der Waals surface area contributed by atoms with E-state index in [1.807, 2.05) is 26.0 Å². The SMILES string of the molecule is COC(=O)C(C)C(C)NCc1cccnc1OC. The Morgan fingerprint density at radius 1 is 1.44 bits per heavy atom. The first kappa shape index (κ1) is 14.4. The van der Waals surface area contributed by atoms with Crippen LogP contribution in [0.1, 0.15) is 19.4 Å². The molecule has 0 aromatic carbocycles. The predicted octanol–water partition coefficient (Wildman–Crippen LogP) is 1.38. The molecule has 18 heavy (non-hydrogen) atoms. The second-order valence-electron chi connectivity index (χ2n) is 4.15. The van der Waals surface area contributed by atoms with Gasteiger partial charge in [-0.2, -0.15) is 0 Å². The van der Waals surface area contributed by atoms with Crippen LogP contribution in [0, 0.1) is 5.92 Å². The Hall–Kier alpha value is -1.62. The lowest BCUT2D eigenvalue weighted by atomic mass is 10.0. The van der Waals surface area contributed by atoms with Crippen molar-refractivity contribution in [2.24, 2.45) is 5.92 Å². The van der Waals surface area contributed by atoms with Crippen molar-refractivity contribution in [3.8, 4) is 5.88 Å². The third-order valence-corrected chi connectivity index (χ3v) is 2.98. The first-order valence-electron chi connectivity index (χ1n) is 5.89. The quantitative estimate of drug-likeness (QED) is 0.775. The van der Waals surface area contributed by atoms with E-state index in [0.29, 0.717) is 12.4 Å². The standard InChI is InChI=1S/C13H20N2O3/c1-9(13(16)18-4)10(2)15-8-11-6-5-7-14-12(11)17-3/h5-7,9-10,15H,8H2,1-4H3. The molecule has 0 aliphatic carbocycles.